The molecule has 0 spiro atoms. The van der Waals surface area contributed by atoms with E-state index in [0.29, 0.717) is 6.61 Å². The zero-order valence-corrected chi connectivity index (χ0v) is 25.8. The van der Waals surface area contributed by atoms with Crippen LogP contribution in [0.25, 0.3) is 32.3 Å². The fraction of sp³-hybridized carbons (Fsp3) is 0.389. The molecule has 5 aromatic rings. The molecule has 6 rings (SSSR count). The molecule has 10 nitrogen and oxygen atoms in total. The van der Waals surface area contributed by atoms with E-state index in [2.05, 4.69) is 59.6 Å². The molecule has 4 aromatic carbocycles. The summed E-state index contributed by atoms with van der Waals surface area (Å²) in [6.45, 7) is 1.67. The molecule has 1 fully saturated rings. The number of aliphatic hydroxyl groups excluding tert-OH is 1. The number of ketones is 1. The lowest BCUT2D eigenvalue weighted by molar-refractivity contribution is -0.151. The molecule has 2 unspecified atom stereocenters. The predicted octanol–water partition coefficient (Wildman–Crippen LogP) is 4.92. The Labute approximate surface area is 265 Å². The van der Waals surface area contributed by atoms with Crippen molar-refractivity contribution in [3.05, 3.63) is 92.8 Å². The third-order valence-corrected chi connectivity index (χ3v) is 8.76. The van der Waals surface area contributed by atoms with Gasteiger partial charge in [0.05, 0.1) is 24.7 Å². The summed E-state index contributed by atoms with van der Waals surface area (Å²) in [6.07, 6.45) is 2.59. The molecule has 46 heavy (non-hydrogen) atoms. The summed E-state index contributed by atoms with van der Waals surface area (Å²) in [4.78, 5) is 50.2. The molecule has 1 aliphatic heterocycles. The van der Waals surface area contributed by atoms with E-state index >= 15 is 0 Å². The van der Waals surface area contributed by atoms with Crippen molar-refractivity contribution < 1.29 is 28.9 Å². The first-order valence-corrected chi connectivity index (χ1v) is 15.8. The van der Waals surface area contributed by atoms with Gasteiger partial charge in [0.25, 0.3) is 5.56 Å². The summed E-state index contributed by atoms with van der Waals surface area (Å²) in [7, 11) is 0. The van der Waals surface area contributed by atoms with Crippen LogP contribution in [0.5, 0.6) is 0 Å². The molecule has 240 valence electrons. The quantitative estimate of drug-likeness (QED) is 0.101. The largest absolute Gasteiger partial charge is 0.463 e. The zero-order chi connectivity index (χ0) is 32.2. The van der Waals surface area contributed by atoms with Gasteiger partial charge in [-0.25, -0.2) is 4.79 Å². The van der Waals surface area contributed by atoms with Crippen LogP contribution < -0.4 is 11.2 Å². The molecule has 1 aromatic heterocycles. The van der Waals surface area contributed by atoms with Crippen LogP contribution in [0.2, 0.25) is 0 Å². The molecule has 3 atom stereocenters. The highest BCUT2D eigenvalue weighted by Gasteiger charge is 2.36. The van der Waals surface area contributed by atoms with Gasteiger partial charge >= 0.3 is 11.7 Å². The third kappa shape index (κ3) is 6.89. The van der Waals surface area contributed by atoms with E-state index in [1.54, 1.807) is 0 Å². The average Bonchev–Trinajstić information content (AvgIpc) is 3.42. The van der Waals surface area contributed by atoms with Gasteiger partial charge in [-0.2, -0.15) is 0 Å². The number of aromatic nitrogens is 2. The Bertz CT molecular complexity index is 1960. The Morgan fingerprint density at radius 2 is 1.67 bits per heavy atom. The molecule has 1 saturated heterocycles. The highest BCUT2D eigenvalue weighted by Crippen LogP contribution is 2.36. The van der Waals surface area contributed by atoms with Crippen molar-refractivity contribution in [1.82, 2.24) is 9.55 Å². The first kappa shape index (κ1) is 31.6. The number of esters is 1. The van der Waals surface area contributed by atoms with E-state index in [9.17, 15) is 24.3 Å². The molecule has 2 heterocycles. The molecule has 0 bridgehead atoms. The van der Waals surface area contributed by atoms with Crippen molar-refractivity contribution in [2.45, 2.75) is 76.9 Å². The van der Waals surface area contributed by atoms with Crippen molar-refractivity contribution in [3.63, 3.8) is 0 Å². The molecule has 2 N–H and O–H groups in total. The number of benzene rings is 4. The maximum Gasteiger partial charge on any atom is 0.330 e. The fourth-order valence-corrected chi connectivity index (χ4v) is 6.30. The van der Waals surface area contributed by atoms with E-state index < -0.39 is 35.7 Å². The van der Waals surface area contributed by atoms with E-state index in [4.69, 9.17) is 14.2 Å². The van der Waals surface area contributed by atoms with Gasteiger partial charge in [-0.1, -0.05) is 61.0 Å². The highest BCUT2D eigenvalue weighted by atomic mass is 16.6. The minimum absolute atomic E-state index is 0.0249. The number of nitrogens with one attached hydrogen (secondary N) is 1. The van der Waals surface area contributed by atoms with Crippen molar-refractivity contribution in [2.75, 3.05) is 13.2 Å². The zero-order valence-electron chi connectivity index (χ0n) is 25.8. The standard InChI is InChI=1S/C36H38N2O8/c1-22(39)9-16-32(41)45-21-30-29(40)18-31(46-30)38-19-27(35(42)37-36(38)43)20-44-17-4-2-3-6-23-10-11-26-13-12-24-7-5-8-25-14-15-28(23)34(26)33(24)25/h5,7-8,10-15,19,29-31,40H,2-4,6,9,16-18,20-21H2,1H3,(H,37,42,43)/t29-,30?,31?/m0/s1. The van der Waals surface area contributed by atoms with E-state index in [1.165, 1.54) is 55.6 Å². The normalized spacial score (nSPS) is 18.2. The number of carbonyl (C=O) groups is 2. The van der Waals surface area contributed by atoms with Crippen LogP contribution in [-0.4, -0.2) is 51.8 Å². The van der Waals surface area contributed by atoms with Crippen LogP contribution in [0, 0.1) is 0 Å². The number of H-pyrrole nitrogens is 1. The van der Waals surface area contributed by atoms with Crippen LogP contribution in [0.4, 0.5) is 0 Å². The molecular weight excluding hydrogens is 588 g/mol. The number of unbranched alkanes of at least 4 members (excludes halogenated alkanes) is 2. The Morgan fingerprint density at radius 3 is 2.46 bits per heavy atom. The second-order valence-corrected chi connectivity index (χ2v) is 12.1. The third-order valence-electron chi connectivity index (χ3n) is 8.76. The summed E-state index contributed by atoms with van der Waals surface area (Å²) < 4.78 is 17.9. The first-order chi connectivity index (χ1) is 22.3. The van der Waals surface area contributed by atoms with Gasteiger partial charge in [-0.15, -0.1) is 0 Å². The number of ether oxygens (including phenoxy) is 3. The smallest absolute Gasteiger partial charge is 0.330 e. The number of hydrogen-bond donors (Lipinski definition) is 2. The minimum atomic E-state index is -0.981. The van der Waals surface area contributed by atoms with Gasteiger partial charge in [0, 0.05) is 25.6 Å². The van der Waals surface area contributed by atoms with Crippen molar-refractivity contribution in [3.8, 4) is 0 Å². The molecule has 0 aliphatic carbocycles. The Balaban J connectivity index is 0.984. The maximum absolute atomic E-state index is 12.5. The molecule has 0 amide bonds. The Hall–Kier alpha value is -4.38. The molecule has 10 heteroatoms. The van der Waals surface area contributed by atoms with Crippen LogP contribution in [-0.2, 0) is 36.8 Å². The molecule has 0 radical (unpaired) electrons. The summed E-state index contributed by atoms with van der Waals surface area (Å²) in [5.41, 5.74) is 0.403. The topological polar surface area (TPSA) is 137 Å². The lowest BCUT2D eigenvalue weighted by Crippen LogP contribution is -2.34. The highest BCUT2D eigenvalue weighted by molar-refractivity contribution is 6.23. The monoisotopic (exact) mass is 626 g/mol. The number of aryl methyl sites for hydroxylation is 1. The van der Waals surface area contributed by atoms with E-state index in [0.717, 1.165) is 25.7 Å². The number of carbonyl (C=O) groups excluding carboxylic acids is 2. The number of hydrogen-bond acceptors (Lipinski definition) is 8. The molecule has 0 saturated carbocycles. The van der Waals surface area contributed by atoms with Gasteiger partial charge in [-0.05, 0) is 64.1 Å². The van der Waals surface area contributed by atoms with Gasteiger partial charge in [0.2, 0.25) is 0 Å². The van der Waals surface area contributed by atoms with Crippen LogP contribution in [0.1, 0.15) is 62.8 Å². The number of aliphatic hydroxyl groups is 1. The lowest BCUT2D eigenvalue weighted by Gasteiger charge is -2.17. The predicted molar refractivity (Wildman–Crippen MR) is 174 cm³/mol. The summed E-state index contributed by atoms with van der Waals surface area (Å²) in [5, 5.41) is 18.2. The second-order valence-electron chi connectivity index (χ2n) is 12.1. The van der Waals surface area contributed by atoms with Gasteiger partial charge in [0.15, 0.2) is 0 Å². The number of Topliss-reactive ketones (excluding diaryl/α,β-unsaturated/α-hetero) is 1. The van der Waals surface area contributed by atoms with Crippen LogP contribution in [0.3, 0.4) is 0 Å². The molecular formula is C36H38N2O8. The number of nitrogens with zero attached hydrogens (tertiary/aromatic N) is 1. The van der Waals surface area contributed by atoms with Gasteiger partial charge in [0.1, 0.15) is 24.7 Å². The minimum Gasteiger partial charge on any atom is -0.463 e. The molecule has 1 aliphatic rings. The number of rotatable bonds is 14. The Kier molecular flexibility index (Phi) is 9.58. The summed E-state index contributed by atoms with van der Waals surface area (Å²) >= 11 is 0. The summed E-state index contributed by atoms with van der Waals surface area (Å²) in [5.74, 6) is -0.690. The van der Waals surface area contributed by atoms with Crippen LogP contribution in [0.15, 0.2) is 70.4 Å². The maximum atomic E-state index is 12.5. The first-order valence-electron chi connectivity index (χ1n) is 15.8. The van der Waals surface area contributed by atoms with Crippen LogP contribution >= 0.6 is 0 Å². The number of aromatic amines is 1. The lowest BCUT2D eigenvalue weighted by atomic mass is 9.90. The van der Waals surface area contributed by atoms with Crippen molar-refractivity contribution in [2.24, 2.45) is 0 Å². The van der Waals surface area contributed by atoms with Crippen molar-refractivity contribution >= 4 is 44.1 Å². The summed E-state index contributed by atoms with van der Waals surface area (Å²) in [6, 6.07) is 19.7. The van der Waals surface area contributed by atoms with Gasteiger partial charge in [-0.3, -0.25) is 19.1 Å². The average molecular weight is 627 g/mol. The Morgan fingerprint density at radius 1 is 0.935 bits per heavy atom. The van der Waals surface area contributed by atoms with E-state index in [-0.39, 0.29) is 43.8 Å². The SMILES string of the molecule is CC(=O)CCC(=O)OCC1OC(n2cc(COCCCCCc3ccc4ccc5cccc6ccc3c4c56)c(=O)[nH]c2=O)C[C@@H]1O. The van der Waals surface area contributed by atoms with Crippen molar-refractivity contribution in [1.29, 1.82) is 0 Å². The second kappa shape index (κ2) is 13.9. The van der Waals surface area contributed by atoms with Gasteiger partial charge < -0.3 is 24.1 Å². The fourth-order valence-electron chi connectivity index (χ4n) is 6.30. The van der Waals surface area contributed by atoms with E-state index in [1.807, 2.05) is 0 Å².